The second-order valence-electron chi connectivity index (χ2n) is 11.9. The highest BCUT2D eigenvalue weighted by Crippen LogP contribution is 2.36. The lowest BCUT2D eigenvalue weighted by Crippen LogP contribution is -2.51. The number of nitrogens with one attached hydrogen (secondary N) is 2. The molecule has 11 heteroatoms. The molecule has 3 aliphatic heterocycles. The first kappa shape index (κ1) is 26.6. The van der Waals surface area contributed by atoms with Crippen LogP contribution in [0.5, 0.6) is 0 Å². The van der Waals surface area contributed by atoms with Gasteiger partial charge in [0.15, 0.2) is 5.82 Å². The van der Waals surface area contributed by atoms with Crippen molar-refractivity contribution in [2.45, 2.75) is 24.9 Å². The molecule has 3 saturated heterocycles. The van der Waals surface area contributed by atoms with E-state index >= 15 is 0 Å². The highest BCUT2D eigenvalue weighted by atomic mass is 16.3. The molecule has 3 aliphatic rings. The van der Waals surface area contributed by atoms with E-state index in [2.05, 4.69) is 64.4 Å². The van der Waals surface area contributed by atoms with E-state index in [1.54, 1.807) is 24.9 Å². The van der Waals surface area contributed by atoms with E-state index in [1.807, 2.05) is 30.3 Å². The van der Waals surface area contributed by atoms with Crippen LogP contribution in [0.3, 0.4) is 0 Å². The van der Waals surface area contributed by atoms with E-state index in [0.29, 0.717) is 19.1 Å². The van der Waals surface area contributed by atoms with E-state index in [-0.39, 0.29) is 23.8 Å². The van der Waals surface area contributed by atoms with Crippen molar-refractivity contribution >= 4 is 34.1 Å². The summed E-state index contributed by atoms with van der Waals surface area (Å²) in [7, 11) is 0. The molecule has 2 aromatic carbocycles. The lowest BCUT2D eigenvalue weighted by molar-refractivity contribution is -0.133. The molecular formula is C33H32N8O3. The fourth-order valence-electron chi connectivity index (χ4n) is 6.97. The molecule has 3 fully saturated rings. The summed E-state index contributed by atoms with van der Waals surface area (Å²) in [5.41, 5.74) is 5.44. The smallest absolute Gasteiger partial charge is 0.237 e. The molecule has 6 heterocycles. The fourth-order valence-corrected chi connectivity index (χ4v) is 6.97. The molecule has 0 spiro atoms. The molecule has 0 unspecified atom stereocenters. The van der Waals surface area contributed by atoms with Crippen molar-refractivity contribution in [1.29, 1.82) is 0 Å². The van der Waals surface area contributed by atoms with Gasteiger partial charge in [0.2, 0.25) is 11.8 Å². The first-order valence-electron chi connectivity index (χ1n) is 15.1. The molecule has 8 rings (SSSR count). The van der Waals surface area contributed by atoms with Gasteiger partial charge in [-0.2, -0.15) is 5.10 Å². The minimum absolute atomic E-state index is 0.0200. The Balaban J connectivity index is 0.848. The van der Waals surface area contributed by atoms with Crippen LogP contribution in [0, 0.1) is 5.92 Å². The van der Waals surface area contributed by atoms with Crippen molar-refractivity contribution in [1.82, 2.24) is 30.0 Å². The van der Waals surface area contributed by atoms with Crippen molar-refractivity contribution in [3.63, 3.8) is 0 Å². The van der Waals surface area contributed by atoms with Gasteiger partial charge in [0.05, 0.1) is 36.5 Å². The number of hydrogen-bond acceptors (Lipinski definition) is 8. The number of H-pyrrole nitrogens is 1. The Kier molecular flexibility index (Phi) is 6.59. The molecule has 2 bridgehead atoms. The Morgan fingerprint density at radius 1 is 0.977 bits per heavy atom. The molecule has 44 heavy (non-hydrogen) atoms. The second kappa shape index (κ2) is 10.9. The van der Waals surface area contributed by atoms with Gasteiger partial charge in [0.25, 0.3) is 0 Å². The maximum atomic E-state index is 13.4. The van der Waals surface area contributed by atoms with Crippen molar-refractivity contribution in [2.24, 2.45) is 5.92 Å². The van der Waals surface area contributed by atoms with Gasteiger partial charge in [-0.15, -0.1) is 0 Å². The van der Waals surface area contributed by atoms with Crippen molar-refractivity contribution in [2.75, 3.05) is 42.9 Å². The van der Waals surface area contributed by atoms with Gasteiger partial charge in [-0.25, -0.2) is 9.97 Å². The van der Waals surface area contributed by atoms with Crippen LogP contribution in [0.4, 0.5) is 11.4 Å². The van der Waals surface area contributed by atoms with E-state index < -0.39 is 0 Å². The van der Waals surface area contributed by atoms with Crippen LogP contribution in [-0.2, 0) is 9.59 Å². The van der Waals surface area contributed by atoms with Gasteiger partial charge in [-0.05, 0) is 74.0 Å². The van der Waals surface area contributed by atoms with Gasteiger partial charge >= 0.3 is 0 Å². The summed E-state index contributed by atoms with van der Waals surface area (Å²) < 4.78 is 5.21. The van der Waals surface area contributed by atoms with Gasteiger partial charge in [-0.1, -0.05) is 0 Å². The number of hydrogen-bond donors (Lipinski definition) is 2. The number of furan rings is 1. The molecule has 3 atom stereocenters. The van der Waals surface area contributed by atoms with Gasteiger partial charge in [0.1, 0.15) is 5.69 Å². The molecule has 3 aromatic heterocycles. The second-order valence-corrected chi connectivity index (χ2v) is 11.9. The standard InChI is InChI=1S/C33H32N8O3/c42-30(41-18-26-15-27(41)17-40(26)25-5-2-21(3-6-25)32-34-10-1-11-35-32)19-39-12-8-22(16-39)33(43)36-24-4-7-29-28(14-24)31(38-37-29)23-9-13-44-20-23/h1-7,9-11,13-14,20,22,26-27H,8,12,15-19H2,(H,36,43)(H,37,38)/t22-,26-,27-/m1/s1. The average Bonchev–Trinajstić information content (AvgIpc) is 3.90. The number of piperazine rings is 1. The van der Waals surface area contributed by atoms with Gasteiger partial charge in [0, 0.05) is 66.0 Å². The zero-order valence-electron chi connectivity index (χ0n) is 24.1. The maximum absolute atomic E-state index is 13.4. The van der Waals surface area contributed by atoms with E-state index in [1.165, 1.54) is 5.69 Å². The number of fused-ring (bicyclic) bond motifs is 3. The van der Waals surface area contributed by atoms with Crippen LogP contribution in [0.2, 0.25) is 0 Å². The number of amides is 2. The van der Waals surface area contributed by atoms with E-state index in [4.69, 9.17) is 4.42 Å². The van der Waals surface area contributed by atoms with Crippen LogP contribution in [-0.4, -0.2) is 86.6 Å². The number of likely N-dealkylation sites (tertiary alicyclic amines) is 2. The van der Waals surface area contributed by atoms with Gasteiger partial charge in [-0.3, -0.25) is 19.6 Å². The zero-order chi connectivity index (χ0) is 29.6. The van der Waals surface area contributed by atoms with E-state index in [9.17, 15) is 9.59 Å². The Morgan fingerprint density at radius 3 is 2.61 bits per heavy atom. The average molecular weight is 589 g/mol. The first-order chi connectivity index (χ1) is 21.6. The van der Waals surface area contributed by atoms with Crippen molar-refractivity contribution in [3.05, 3.63) is 79.5 Å². The largest absolute Gasteiger partial charge is 0.472 e. The Bertz CT molecular complexity index is 1800. The molecule has 0 saturated carbocycles. The molecular weight excluding hydrogens is 556 g/mol. The lowest BCUT2D eigenvalue weighted by Gasteiger charge is -2.36. The lowest BCUT2D eigenvalue weighted by atomic mass is 10.1. The van der Waals surface area contributed by atoms with Crippen LogP contribution < -0.4 is 10.2 Å². The zero-order valence-corrected chi connectivity index (χ0v) is 24.1. The van der Waals surface area contributed by atoms with Crippen LogP contribution in [0.25, 0.3) is 33.5 Å². The quantitative estimate of drug-likeness (QED) is 0.292. The number of aromatic amines is 1. The number of aromatic nitrogens is 4. The highest BCUT2D eigenvalue weighted by molar-refractivity contribution is 5.99. The Hall–Kier alpha value is -5.03. The predicted molar refractivity (Wildman–Crippen MR) is 166 cm³/mol. The Morgan fingerprint density at radius 2 is 1.84 bits per heavy atom. The summed E-state index contributed by atoms with van der Waals surface area (Å²) in [4.78, 5) is 41.8. The number of nitrogens with zero attached hydrogens (tertiary/aromatic N) is 6. The monoisotopic (exact) mass is 588 g/mol. The number of carbonyl (C=O) groups excluding carboxylic acids is 2. The van der Waals surface area contributed by atoms with E-state index in [0.717, 1.165) is 71.7 Å². The number of rotatable bonds is 7. The minimum atomic E-state index is -0.161. The maximum Gasteiger partial charge on any atom is 0.237 e. The van der Waals surface area contributed by atoms with Crippen molar-refractivity contribution < 1.29 is 14.0 Å². The summed E-state index contributed by atoms with van der Waals surface area (Å²) in [5, 5.41) is 11.4. The molecule has 0 radical (unpaired) electrons. The number of carbonyl (C=O) groups is 2. The van der Waals surface area contributed by atoms with Gasteiger partial charge < -0.3 is 19.5 Å². The summed E-state index contributed by atoms with van der Waals surface area (Å²) in [5.74, 6) is 0.697. The fraction of sp³-hybridized carbons (Fsp3) is 0.303. The third-order valence-corrected chi connectivity index (χ3v) is 9.21. The highest BCUT2D eigenvalue weighted by Gasteiger charge is 2.45. The Labute approximate surface area is 253 Å². The van der Waals surface area contributed by atoms with Crippen molar-refractivity contribution in [3.8, 4) is 22.6 Å². The number of benzene rings is 2. The topological polar surface area (TPSA) is 123 Å². The molecule has 0 aliphatic carbocycles. The predicted octanol–water partition coefficient (Wildman–Crippen LogP) is 4.03. The molecule has 11 nitrogen and oxygen atoms in total. The molecule has 2 N–H and O–H groups in total. The number of anilines is 2. The normalized spacial score (nSPS) is 21.4. The summed E-state index contributed by atoms with van der Waals surface area (Å²) in [6, 6.07) is 18.3. The van der Waals surface area contributed by atoms with Crippen LogP contribution in [0.15, 0.2) is 83.9 Å². The molecule has 5 aromatic rings. The molecule has 2 amide bonds. The summed E-state index contributed by atoms with van der Waals surface area (Å²) in [6.07, 6.45) is 8.49. The third-order valence-electron chi connectivity index (χ3n) is 9.21. The SMILES string of the molecule is O=C(Nc1ccc2[nH]nc(-c3ccoc3)c2c1)[C@@H]1CCN(CC(=O)N2C[C@H]3C[C@@H]2CN3c2ccc(-c3ncccn3)cc2)C1. The first-order valence-corrected chi connectivity index (χ1v) is 15.1. The van der Waals surface area contributed by atoms with Crippen LogP contribution in [0.1, 0.15) is 12.8 Å². The summed E-state index contributed by atoms with van der Waals surface area (Å²) >= 11 is 0. The minimum Gasteiger partial charge on any atom is -0.472 e. The third kappa shape index (κ3) is 4.88. The molecule has 222 valence electrons. The summed E-state index contributed by atoms with van der Waals surface area (Å²) in [6.45, 7) is 3.25. The van der Waals surface area contributed by atoms with Crippen LogP contribution >= 0.6 is 0 Å².